The molecule has 0 fully saturated rings. The van der Waals surface area contributed by atoms with Gasteiger partial charge in [0.25, 0.3) is 0 Å². The van der Waals surface area contributed by atoms with E-state index >= 15 is 0 Å². The topological polar surface area (TPSA) is 15.3 Å². The standard InChI is InChI=1S/C18H32N2/c1-4-7-15-20(6-3)16-18-11-9-8-10-17(18)12-14-19-13-5-2/h8-11,19H,4-7,12-16H2,1-3H3. The first-order valence-corrected chi connectivity index (χ1v) is 8.31. The fourth-order valence-electron chi connectivity index (χ4n) is 2.45. The molecule has 0 saturated heterocycles. The van der Waals surface area contributed by atoms with Gasteiger partial charge in [-0.05, 0) is 56.6 Å². The van der Waals surface area contributed by atoms with Crippen LogP contribution in [0.5, 0.6) is 0 Å². The molecule has 2 heteroatoms. The first-order valence-electron chi connectivity index (χ1n) is 8.31. The predicted octanol–water partition coefficient (Wildman–Crippen LogP) is 3.85. The van der Waals surface area contributed by atoms with Crippen molar-refractivity contribution in [1.29, 1.82) is 0 Å². The minimum atomic E-state index is 1.09. The van der Waals surface area contributed by atoms with Gasteiger partial charge in [0.05, 0.1) is 0 Å². The molecule has 0 aliphatic heterocycles. The van der Waals surface area contributed by atoms with Crippen LogP contribution in [-0.2, 0) is 13.0 Å². The molecule has 0 amide bonds. The van der Waals surface area contributed by atoms with Gasteiger partial charge in [0, 0.05) is 6.54 Å². The van der Waals surface area contributed by atoms with Gasteiger partial charge in [-0.2, -0.15) is 0 Å². The molecule has 20 heavy (non-hydrogen) atoms. The zero-order valence-corrected chi connectivity index (χ0v) is 13.6. The van der Waals surface area contributed by atoms with E-state index in [1.54, 1.807) is 0 Å². The van der Waals surface area contributed by atoms with Crippen molar-refractivity contribution in [3.63, 3.8) is 0 Å². The molecule has 1 aromatic rings. The highest BCUT2D eigenvalue weighted by Gasteiger charge is 2.07. The largest absolute Gasteiger partial charge is 0.316 e. The minimum absolute atomic E-state index is 1.09. The van der Waals surface area contributed by atoms with Gasteiger partial charge < -0.3 is 5.32 Å². The Balaban J connectivity index is 2.54. The lowest BCUT2D eigenvalue weighted by Gasteiger charge is -2.22. The fraction of sp³-hybridized carbons (Fsp3) is 0.667. The van der Waals surface area contributed by atoms with Crippen LogP contribution in [-0.4, -0.2) is 31.1 Å². The third kappa shape index (κ3) is 6.53. The normalized spacial score (nSPS) is 11.2. The van der Waals surface area contributed by atoms with E-state index in [0.29, 0.717) is 0 Å². The van der Waals surface area contributed by atoms with Crippen LogP contribution in [0.4, 0.5) is 0 Å². The van der Waals surface area contributed by atoms with Crippen molar-refractivity contribution < 1.29 is 0 Å². The molecule has 1 N–H and O–H groups in total. The van der Waals surface area contributed by atoms with E-state index in [2.05, 4.69) is 55.3 Å². The highest BCUT2D eigenvalue weighted by molar-refractivity contribution is 5.27. The number of nitrogens with zero attached hydrogens (tertiary/aromatic N) is 1. The number of rotatable bonds is 11. The van der Waals surface area contributed by atoms with E-state index in [-0.39, 0.29) is 0 Å². The van der Waals surface area contributed by atoms with Gasteiger partial charge in [-0.15, -0.1) is 0 Å². The van der Waals surface area contributed by atoms with Crippen molar-refractivity contribution in [3.05, 3.63) is 35.4 Å². The molecule has 114 valence electrons. The molecule has 0 atom stereocenters. The van der Waals surface area contributed by atoms with Gasteiger partial charge in [0.1, 0.15) is 0 Å². The number of benzene rings is 1. The average molecular weight is 276 g/mol. The molecule has 0 bridgehead atoms. The summed E-state index contributed by atoms with van der Waals surface area (Å²) in [5.74, 6) is 0. The molecule has 0 aliphatic carbocycles. The number of hydrogen-bond donors (Lipinski definition) is 1. The number of nitrogens with one attached hydrogen (secondary N) is 1. The van der Waals surface area contributed by atoms with E-state index in [4.69, 9.17) is 0 Å². The van der Waals surface area contributed by atoms with Crippen LogP contribution in [0.2, 0.25) is 0 Å². The second kappa shape index (κ2) is 10.9. The van der Waals surface area contributed by atoms with Crippen molar-refractivity contribution in [3.8, 4) is 0 Å². The summed E-state index contributed by atoms with van der Waals surface area (Å²) in [6.07, 6.45) is 4.93. The third-order valence-electron chi connectivity index (χ3n) is 3.79. The van der Waals surface area contributed by atoms with Gasteiger partial charge in [0.15, 0.2) is 0 Å². The zero-order chi connectivity index (χ0) is 14.6. The van der Waals surface area contributed by atoms with Crippen molar-refractivity contribution in [1.82, 2.24) is 10.2 Å². The summed E-state index contributed by atoms with van der Waals surface area (Å²) in [5, 5.41) is 3.50. The second-order valence-corrected chi connectivity index (χ2v) is 5.49. The minimum Gasteiger partial charge on any atom is -0.316 e. The van der Waals surface area contributed by atoms with E-state index in [1.165, 1.54) is 36.9 Å². The van der Waals surface area contributed by atoms with Crippen LogP contribution in [0.15, 0.2) is 24.3 Å². The molecule has 0 aromatic heterocycles. The molecular formula is C18H32N2. The molecule has 0 radical (unpaired) electrons. The van der Waals surface area contributed by atoms with Crippen LogP contribution < -0.4 is 5.32 Å². The number of unbranched alkanes of at least 4 members (excludes halogenated alkanes) is 1. The first kappa shape index (κ1) is 17.2. The summed E-state index contributed by atoms with van der Waals surface area (Å²) in [7, 11) is 0. The maximum Gasteiger partial charge on any atom is 0.0236 e. The lowest BCUT2D eigenvalue weighted by atomic mass is 10.0. The molecule has 0 saturated carbocycles. The third-order valence-corrected chi connectivity index (χ3v) is 3.79. The molecule has 1 rings (SSSR count). The Morgan fingerprint density at radius 1 is 0.950 bits per heavy atom. The Morgan fingerprint density at radius 2 is 1.70 bits per heavy atom. The molecule has 0 heterocycles. The Morgan fingerprint density at radius 3 is 2.35 bits per heavy atom. The number of hydrogen-bond acceptors (Lipinski definition) is 2. The molecule has 0 spiro atoms. The molecular weight excluding hydrogens is 244 g/mol. The van der Waals surface area contributed by atoms with Crippen LogP contribution in [0.1, 0.15) is 51.2 Å². The molecule has 2 nitrogen and oxygen atoms in total. The Bertz CT molecular complexity index is 349. The summed E-state index contributed by atoms with van der Waals surface area (Å²) >= 11 is 0. The van der Waals surface area contributed by atoms with Gasteiger partial charge in [-0.25, -0.2) is 0 Å². The van der Waals surface area contributed by atoms with Gasteiger partial charge in [-0.3, -0.25) is 4.90 Å². The van der Waals surface area contributed by atoms with Crippen molar-refractivity contribution in [2.45, 2.75) is 53.0 Å². The van der Waals surface area contributed by atoms with Crippen molar-refractivity contribution in [2.24, 2.45) is 0 Å². The van der Waals surface area contributed by atoms with Crippen LogP contribution in [0, 0.1) is 0 Å². The van der Waals surface area contributed by atoms with Crippen LogP contribution in [0.25, 0.3) is 0 Å². The monoisotopic (exact) mass is 276 g/mol. The SMILES string of the molecule is CCCCN(CC)Cc1ccccc1CCNCCC. The highest BCUT2D eigenvalue weighted by atomic mass is 15.1. The lowest BCUT2D eigenvalue weighted by Crippen LogP contribution is -2.25. The Kier molecular flexibility index (Phi) is 9.35. The average Bonchev–Trinajstić information content (AvgIpc) is 2.49. The quantitative estimate of drug-likeness (QED) is 0.618. The first-order chi connectivity index (χ1) is 9.81. The summed E-state index contributed by atoms with van der Waals surface area (Å²) < 4.78 is 0. The van der Waals surface area contributed by atoms with E-state index < -0.39 is 0 Å². The fourth-order valence-corrected chi connectivity index (χ4v) is 2.45. The van der Waals surface area contributed by atoms with Crippen LogP contribution >= 0.6 is 0 Å². The molecule has 1 aromatic carbocycles. The van der Waals surface area contributed by atoms with Crippen LogP contribution in [0.3, 0.4) is 0 Å². The molecule has 0 unspecified atom stereocenters. The Labute approximate surface area is 125 Å². The van der Waals surface area contributed by atoms with Gasteiger partial charge >= 0.3 is 0 Å². The maximum atomic E-state index is 3.50. The predicted molar refractivity (Wildman–Crippen MR) is 89.2 cm³/mol. The smallest absolute Gasteiger partial charge is 0.0236 e. The lowest BCUT2D eigenvalue weighted by molar-refractivity contribution is 0.274. The Hall–Kier alpha value is -0.860. The van der Waals surface area contributed by atoms with Crippen molar-refractivity contribution in [2.75, 3.05) is 26.2 Å². The zero-order valence-electron chi connectivity index (χ0n) is 13.6. The van der Waals surface area contributed by atoms with Crippen molar-refractivity contribution >= 4 is 0 Å². The second-order valence-electron chi connectivity index (χ2n) is 5.49. The van der Waals surface area contributed by atoms with E-state index in [9.17, 15) is 0 Å². The summed E-state index contributed by atoms with van der Waals surface area (Å²) in [6.45, 7) is 12.4. The van der Waals surface area contributed by atoms with Gasteiger partial charge in [0.2, 0.25) is 0 Å². The maximum absolute atomic E-state index is 3.50. The molecule has 0 aliphatic rings. The highest BCUT2D eigenvalue weighted by Crippen LogP contribution is 2.13. The summed E-state index contributed by atoms with van der Waals surface area (Å²) in [5.41, 5.74) is 3.01. The van der Waals surface area contributed by atoms with E-state index in [0.717, 1.165) is 32.6 Å². The van der Waals surface area contributed by atoms with Gasteiger partial charge in [-0.1, -0.05) is 51.5 Å². The van der Waals surface area contributed by atoms with E-state index in [1.807, 2.05) is 0 Å². The summed E-state index contributed by atoms with van der Waals surface area (Å²) in [4.78, 5) is 2.56. The summed E-state index contributed by atoms with van der Waals surface area (Å²) in [6, 6.07) is 8.92.